The first-order valence-electron chi connectivity index (χ1n) is 4.63. The van der Waals surface area contributed by atoms with Gasteiger partial charge in [-0.05, 0) is 19.4 Å². The molecule has 68 valence electrons. The summed E-state index contributed by atoms with van der Waals surface area (Å²) in [6.45, 7) is 3.68. The molecule has 4 heteroatoms. The van der Waals surface area contributed by atoms with E-state index in [9.17, 15) is 4.79 Å². The Morgan fingerprint density at radius 3 is 2.92 bits per heavy atom. The average Bonchev–Trinajstić information content (AvgIpc) is 2.77. The second-order valence-electron chi connectivity index (χ2n) is 3.44. The zero-order chi connectivity index (χ0) is 8.39. The van der Waals surface area contributed by atoms with Crippen LogP contribution in [0.4, 0.5) is 0 Å². The lowest BCUT2D eigenvalue weighted by Crippen LogP contribution is -2.41. The number of nitrogens with one attached hydrogen (secondary N) is 2. The number of hydrazine groups is 1. The fourth-order valence-electron chi connectivity index (χ4n) is 1.80. The van der Waals surface area contributed by atoms with Crippen LogP contribution in [0.3, 0.4) is 0 Å². The zero-order valence-corrected chi connectivity index (χ0v) is 7.18. The second-order valence-corrected chi connectivity index (χ2v) is 3.44. The molecule has 2 N–H and O–H groups in total. The fourth-order valence-corrected chi connectivity index (χ4v) is 1.80. The molecule has 2 aliphatic rings. The van der Waals surface area contributed by atoms with E-state index < -0.39 is 0 Å². The first-order chi connectivity index (χ1) is 5.88. The highest BCUT2D eigenvalue weighted by Crippen LogP contribution is 2.12. The monoisotopic (exact) mass is 169 g/mol. The Hall–Kier alpha value is -0.610. The molecular weight excluding hydrogens is 154 g/mol. The van der Waals surface area contributed by atoms with Crippen molar-refractivity contribution in [3.05, 3.63) is 0 Å². The molecule has 2 saturated heterocycles. The van der Waals surface area contributed by atoms with Crippen LogP contribution in [0.25, 0.3) is 0 Å². The van der Waals surface area contributed by atoms with Crippen molar-refractivity contribution in [3.63, 3.8) is 0 Å². The summed E-state index contributed by atoms with van der Waals surface area (Å²) in [6.07, 6.45) is 2.09. The van der Waals surface area contributed by atoms with Gasteiger partial charge in [-0.25, -0.2) is 5.43 Å². The number of hydrogen-bond donors (Lipinski definition) is 2. The van der Waals surface area contributed by atoms with Gasteiger partial charge in [-0.2, -0.15) is 0 Å². The summed E-state index contributed by atoms with van der Waals surface area (Å²) in [5.41, 5.74) is 3.09. The smallest absolute Gasteiger partial charge is 0.241 e. The Kier molecular flexibility index (Phi) is 2.28. The van der Waals surface area contributed by atoms with Crippen LogP contribution >= 0.6 is 0 Å². The summed E-state index contributed by atoms with van der Waals surface area (Å²) in [7, 11) is 0. The van der Waals surface area contributed by atoms with E-state index in [1.807, 2.05) is 0 Å². The van der Waals surface area contributed by atoms with Crippen LogP contribution in [0.2, 0.25) is 0 Å². The first kappa shape index (κ1) is 8.01. The molecule has 4 nitrogen and oxygen atoms in total. The Morgan fingerprint density at radius 1 is 1.42 bits per heavy atom. The van der Waals surface area contributed by atoms with Crippen molar-refractivity contribution in [2.24, 2.45) is 5.92 Å². The lowest BCUT2D eigenvalue weighted by Gasteiger charge is -2.18. The van der Waals surface area contributed by atoms with Crippen LogP contribution in [0.1, 0.15) is 12.8 Å². The highest BCUT2D eigenvalue weighted by atomic mass is 16.2. The Bertz CT molecular complexity index is 153. The number of hydrogen-bond acceptors (Lipinski definition) is 3. The minimum absolute atomic E-state index is 0.218. The van der Waals surface area contributed by atoms with Gasteiger partial charge in [0.25, 0.3) is 0 Å². The molecule has 0 saturated carbocycles. The average molecular weight is 169 g/mol. The fraction of sp³-hybridized carbons (Fsp3) is 0.875. The molecule has 0 aliphatic carbocycles. The molecule has 0 radical (unpaired) electrons. The predicted molar refractivity (Wildman–Crippen MR) is 45.3 cm³/mol. The lowest BCUT2D eigenvalue weighted by atomic mass is 10.1. The normalized spacial score (nSPS) is 29.7. The summed E-state index contributed by atoms with van der Waals surface area (Å²) in [5.74, 6) is 0.494. The van der Waals surface area contributed by atoms with Crippen molar-refractivity contribution in [1.29, 1.82) is 0 Å². The summed E-state index contributed by atoms with van der Waals surface area (Å²) in [4.78, 5) is 11.7. The minimum Gasteiger partial charge on any atom is -0.316 e. The standard InChI is InChI=1S/C8H15N3O/c12-8(7-2-4-9-6-7)11-5-1-3-10-11/h7,9-10H,1-6H2/t7-/m1/s1. The van der Waals surface area contributed by atoms with Crippen molar-refractivity contribution in [2.75, 3.05) is 26.2 Å². The maximum atomic E-state index is 11.7. The Morgan fingerprint density at radius 2 is 2.33 bits per heavy atom. The lowest BCUT2D eigenvalue weighted by molar-refractivity contribution is -0.136. The van der Waals surface area contributed by atoms with E-state index in [2.05, 4.69) is 10.7 Å². The number of carbonyl (C=O) groups excluding carboxylic acids is 1. The van der Waals surface area contributed by atoms with Gasteiger partial charge in [0.2, 0.25) is 5.91 Å². The quantitative estimate of drug-likeness (QED) is 0.547. The maximum Gasteiger partial charge on any atom is 0.241 e. The summed E-state index contributed by atoms with van der Waals surface area (Å²) < 4.78 is 0. The molecule has 2 aliphatic heterocycles. The molecule has 1 amide bonds. The van der Waals surface area contributed by atoms with Gasteiger partial charge in [-0.1, -0.05) is 0 Å². The highest BCUT2D eigenvalue weighted by Gasteiger charge is 2.28. The third-order valence-electron chi connectivity index (χ3n) is 2.54. The van der Waals surface area contributed by atoms with Crippen molar-refractivity contribution in [2.45, 2.75) is 12.8 Å². The van der Waals surface area contributed by atoms with E-state index in [1.165, 1.54) is 0 Å². The topological polar surface area (TPSA) is 44.4 Å². The van der Waals surface area contributed by atoms with Crippen LogP contribution in [-0.2, 0) is 4.79 Å². The molecule has 0 unspecified atom stereocenters. The van der Waals surface area contributed by atoms with Crippen molar-refractivity contribution >= 4 is 5.91 Å². The molecule has 2 rings (SSSR count). The van der Waals surface area contributed by atoms with Crippen molar-refractivity contribution in [1.82, 2.24) is 15.8 Å². The number of carbonyl (C=O) groups is 1. The molecule has 0 bridgehead atoms. The van der Waals surface area contributed by atoms with Crippen molar-refractivity contribution < 1.29 is 4.79 Å². The third-order valence-corrected chi connectivity index (χ3v) is 2.54. The van der Waals surface area contributed by atoms with Crippen LogP contribution < -0.4 is 10.7 Å². The van der Waals surface area contributed by atoms with Crippen LogP contribution in [-0.4, -0.2) is 37.1 Å². The van der Waals surface area contributed by atoms with E-state index in [4.69, 9.17) is 0 Å². The summed E-state index contributed by atoms with van der Waals surface area (Å²) >= 11 is 0. The van der Waals surface area contributed by atoms with E-state index in [0.717, 1.165) is 39.0 Å². The Labute approximate surface area is 72.3 Å². The predicted octanol–water partition coefficient (Wildman–Crippen LogP) is -0.667. The zero-order valence-electron chi connectivity index (χ0n) is 7.18. The maximum absolute atomic E-state index is 11.7. The van der Waals surface area contributed by atoms with Gasteiger partial charge >= 0.3 is 0 Å². The number of amides is 1. The first-order valence-corrected chi connectivity index (χ1v) is 4.63. The molecule has 12 heavy (non-hydrogen) atoms. The van der Waals surface area contributed by atoms with E-state index >= 15 is 0 Å². The van der Waals surface area contributed by atoms with Gasteiger partial charge in [0.1, 0.15) is 0 Å². The van der Waals surface area contributed by atoms with Gasteiger partial charge in [0, 0.05) is 19.6 Å². The van der Waals surface area contributed by atoms with E-state index in [1.54, 1.807) is 5.01 Å². The number of nitrogens with zero attached hydrogens (tertiary/aromatic N) is 1. The van der Waals surface area contributed by atoms with E-state index in [-0.39, 0.29) is 11.8 Å². The molecular formula is C8H15N3O. The van der Waals surface area contributed by atoms with E-state index in [0.29, 0.717) is 0 Å². The third kappa shape index (κ3) is 1.44. The summed E-state index contributed by atoms with van der Waals surface area (Å²) in [5, 5.41) is 4.98. The van der Waals surface area contributed by atoms with Gasteiger partial charge in [-0.3, -0.25) is 9.80 Å². The Balaban J connectivity index is 1.89. The number of rotatable bonds is 1. The molecule has 1 atom stereocenters. The minimum atomic E-state index is 0.218. The van der Waals surface area contributed by atoms with Gasteiger partial charge in [0.15, 0.2) is 0 Å². The molecule has 0 aromatic carbocycles. The highest BCUT2D eigenvalue weighted by molar-refractivity contribution is 5.79. The molecule has 0 aromatic rings. The van der Waals surface area contributed by atoms with Crippen LogP contribution in [0.5, 0.6) is 0 Å². The van der Waals surface area contributed by atoms with Gasteiger partial charge < -0.3 is 5.32 Å². The van der Waals surface area contributed by atoms with Crippen LogP contribution in [0, 0.1) is 5.92 Å². The summed E-state index contributed by atoms with van der Waals surface area (Å²) in [6, 6.07) is 0. The molecule has 0 aromatic heterocycles. The molecule has 2 heterocycles. The largest absolute Gasteiger partial charge is 0.316 e. The van der Waals surface area contributed by atoms with Crippen LogP contribution in [0.15, 0.2) is 0 Å². The second kappa shape index (κ2) is 3.41. The molecule has 0 spiro atoms. The van der Waals surface area contributed by atoms with Gasteiger partial charge in [0.05, 0.1) is 5.92 Å². The molecule has 2 fully saturated rings. The SMILES string of the molecule is O=C([C@@H]1CCNC1)N1CCCN1. The van der Waals surface area contributed by atoms with Crippen molar-refractivity contribution in [3.8, 4) is 0 Å². The van der Waals surface area contributed by atoms with Gasteiger partial charge in [-0.15, -0.1) is 0 Å².